The Morgan fingerprint density at radius 2 is 1.58 bits per heavy atom. The minimum Gasteiger partial charge on any atom is -0.510 e. The summed E-state index contributed by atoms with van der Waals surface area (Å²) < 4.78 is 2.25. The normalized spacial score (nSPS) is 13.0. The first-order chi connectivity index (χ1) is 18.2. The van der Waals surface area contributed by atoms with Crippen LogP contribution in [-0.4, -0.2) is 26.5 Å². The molecule has 0 saturated carbocycles. The molecule has 4 aromatic carbocycles. The smallest absolute Gasteiger partial charge is 0.510 e. The number of nitrogens with zero attached hydrogens (tertiary/aromatic N) is 6. The molecule has 4 heterocycles. The summed E-state index contributed by atoms with van der Waals surface area (Å²) in [4.78, 5) is 17.6. The molecule has 186 valence electrons. The molecule has 8 rings (SSSR count). The van der Waals surface area contributed by atoms with Crippen LogP contribution in [0.5, 0.6) is 0 Å². The minimum absolute atomic E-state index is 0. The molecule has 0 N–H and O–H groups in total. The van der Waals surface area contributed by atoms with E-state index >= 15 is 0 Å². The Morgan fingerprint density at radius 1 is 0.763 bits per heavy atom. The number of para-hydroxylation sites is 2. The zero-order chi connectivity index (χ0) is 24.9. The van der Waals surface area contributed by atoms with Gasteiger partial charge in [-0.3, -0.25) is 4.98 Å². The fourth-order valence-electron chi connectivity index (χ4n) is 5.21. The van der Waals surface area contributed by atoms with Gasteiger partial charge in [0.25, 0.3) is 0 Å². The quantitative estimate of drug-likeness (QED) is 0.150. The third kappa shape index (κ3) is 3.83. The Morgan fingerprint density at radius 3 is 2.39 bits per heavy atom. The molecule has 38 heavy (non-hydrogen) atoms. The van der Waals surface area contributed by atoms with E-state index in [1.165, 1.54) is 27.2 Å². The number of imidazole rings is 1. The molecule has 0 radical (unpaired) electrons. The number of hydrogen-bond donors (Lipinski definition) is 0. The molecule has 0 atom stereocenters. The van der Waals surface area contributed by atoms with Crippen LogP contribution in [0.1, 0.15) is 0 Å². The summed E-state index contributed by atoms with van der Waals surface area (Å²) in [6, 6.07) is 28.2. The van der Waals surface area contributed by atoms with Crippen LogP contribution in [0, 0.1) is 12.7 Å². The standard InChI is InChI=1S/C21H13N4.C10H10N2.Ir/c1-25-17-7-3-2-5-12(17)15-9-14-13-6-4-8-22-19(13)21-20(23-11-24-21)16(14)10-18(15)25;1-11-7-8-12(9-11)10-5-3-2-4-6-10;/h2-11H,1H3;2-5,7-9H,1H3;/q-1;-2;+3. The molecular weight excluding hydrogens is 649 g/mol. The van der Waals surface area contributed by atoms with Gasteiger partial charge in [-0.05, 0) is 65.5 Å². The minimum atomic E-state index is 0. The fourth-order valence-corrected chi connectivity index (χ4v) is 5.21. The second kappa shape index (κ2) is 9.60. The molecule has 0 amide bonds. The van der Waals surface area contributed by atoms with E-state index in [9.17, 15) is 0 Å². The Labute approximate surface area is 233 Å². The molecule has 0 bridgehead atoms. The maximum Gasteiger partial charge on any atom is 3.00 e. The zero-order valence-corrected chi connectivity index (χ0v) is 23.2. The van der Waals surface area contributed by atoms with E-state index < -0.39 is 0 Å². The molecule has 1 aliphatic heterocycles. The van der Waals surface area contributed by atoms with Crippen LogP contribution in [0.3, 0.4) is 0 Å². The summed E-state index contributed by atoms with van der Waals surface area (Å²) in [5, 5.41) is 5.97. The van der Waals surface area contributed by atoms with E-state index in [0.29, 0.717) is 0 Å². The predicted octanol–water partition coefficient (Wildman–Crippen LogP) is 6.36. The predicted molar refractivity (Wildman–Crippen MR) is 151 cm³/mol. The van der Waals surface area contributed by atoms with E-state index in [1.807, 2.05) is 72.4 Å². The van der Waals surface area contributed by atoms with Crippen molar-refractivity contribution in [2.75, 3.05) is 11.9 Å². The Balaban J connectivity index is 0.000000172. The number of rotatable bonds is 1. The Hall–Kier alpha value is -4.19. The SMILES string of the molecule is CN1C=CN(c2[c-]cccc2)[CH-]1.Cn1c2ccccc2c2cc3c4cccnc4c4[n-]cnc4c3cc21.[Ir+3]. The largest absolute Gasteiger partial charge is 3.00 e. The van der Waals surface area contributed by atoms with Crippen molar-refractivity contribution in [1.82, 2.24) is 24.4 Å². The third-order valence-electron chi connectivity index (χ3n) is 6.97. The van der Waals surface area contributed by atoms with Crippen LogP contribution >= 0.6 is 0 Å². The van der Waals surface area contributed by atoms with Crippen molar-refractivity contribution in [3.05, 3.63) is 110 Å². The maximum absolute atomic E-state index is 4.57. The number of aryl methyl sites for hydroxylation is 1. The van der Waals surface area contributed by atoms with Gasteiger partial charge in [-0.25, -0.2) is 0 Å². The van der Waals surface area contributed by atoms with Crippen molar-refractivity contribution in [2.45, 2.75) is 0 Å². The third-order valence-corrected chi connectivity index (χ3v) is 6.97. The average Bonchev–Trinajstić information content (AvgIpc) is 3.68. The first-order valence-corrected chi connectivity index (χ1v) is 12.1. The number of benzene rings is 4. The van der Waals surface area contributed by atoms with Crippen molar-refractivity contribution in [1.29, 1.82) is 0 Å². The van der Waals surface area contributed by atoms with Crippen LogP contribution < -0.4 is 9.88 Å². The second-order valence-electron chi connectivity index (χ2n) is 9.20. The van der Waals surface area contributed by atoms with Crippen molar-refractivity contribution < 1.29 is 20.1 Å². The summed E-state index contributed by atoms with van der Waals surface area (Å²) in [7, 11) is 4.12. The van der Waals surface area contributed by atoms with Gasteiger partial charge in [0.05, 0.1) is 5.52 Å². The van der Waals surface area contributed by atoms with E-state index in [0.717, 1.165) is 33.0 Å². The second-order valence-corrected chi connectivity index (χ2v) is 9.20. The molecule has 0 unspecified atom stereocenters. The number of aromatic nitrogens is 4. The van der Waals surface area contributed by atoms with E-state index in [1.54, 1.807) is 6.33 Å². The van der Waals surface area contributed by atoms with Gasteiger partial charge in [0, 0.05) is 40.4 Å². The molecule has 3 aromatic heterocycles. The van der Waals surface area contributed by atoms with Crippen molar-refractivity contribution in [3.63, 3.8) is 0 Å². The van der Waals surface area contributed by atoms with Crippen molar-refractivity contribution in [3.8, 4) is 0 Å². The van der Waals surface area contributed by atoms with E-state index in [2.05, 4.69) is 75.1 Å². The van der Waals surface area contributed by atoms with Gasteiger partial charge in [0.2, 0.25) is 0 Å². The van der Waals surface area contributed by atoms with Crippen LogP contribution in [-0.2, 0) is 27.2 Å². The Kier molecular flexibility index (Phi) is 6.10. The van der Waals surface area contributed by atoms with Gasteiger partial charge in [0.15, 0.2) is 0 Å². The summed E-state index contributed by atoms with van der Waals surface area (Å²) >= 11 is 0. The average molecular weight is 672 g/mol. The molecule has 0 saturated heterocycles. The molecule has 0 aliphatic carbocycles. The van der Waals surface area contributed by atoms with Gasteiger partial charge >= 0.3 is 20.1 Å². The summed E-state index contributed by atoms with van der Waals surface area (Å²) in [6.45, 7) is 2.01. The van der Waals surface area contributed by atoms with Gasteiger partial charge in [-0.15, -0.1) is 5.69 Å². The molecule has 6 nitrogen and oxygen atoms in total. The number of anilines is 1. The first kappa shape index (κ1) is 24.2. The van der Waals surface area contributed by atoms with Gasteiger partial charge in [0.1, 0.15) is 0 Å². The molecule has 0 fully saturated rings. The first-order valence-electron chi connectivity index (χ1n) is 12.1. The monoisotopic (exact) mass is 672 g/mol. The number of fused-ring (bicyclic) bond motifs is 9. The van der Waals surface area contributed by atoms with Crippen molar-refractivity contribution >= 4 is 60.2 Å². The molecule has 1 aliphatic rings. The molecule has 7 aromatic rings. The molecule has 7 heteroatoms. The van der Waals surface area contributed by atoms with Crippen LogP contribution in [0.15, 0.2) is 97.7 Å². The van der Waals surface area contributed by atoms with Crippen molar-refractivity contribution in [2.24, 2.45) is 7.05 Å². The van der Waals surface area contributed by atoms with E-state index in [-0.39, 0.29) is 20.1 Å². The topological polar surface area (TPSA) is 51.3 Å². The maximum atomic E-state index is 4.57. The van der Waals surface area contributed by atoms with Gasteiger partial charge in [-0.1, -0.05) is 30.6 Å². The van der Waals surface area contributed by atoms with Gasteiger partial charge in [-0.2, -0.15) is 37.0 Å². The van der Waals surface area contributed by atoms with Gasteiger partial charge < -0.3 is 24.3 Å². The van der Waals surface area contributed by atoms with Crippen LogP contribution in [0.25, 0.3) is 54.5 Å². The van der Waals surface area contributed by atoms with E-state index in [4.69, 9.17) is 0 Å². The summed E-state index contributed by atoms with van der Waals surface area (Å²) in [5.74, 6) is 0. The van der Waals surface area contributed by atoms with Crippen LogP contribution in [0.4, 0.5) is 5.69 Å². The summed E-state index contributed by atoms with van der Waals surface area (Å²) in [6.07, 6.45) is 7.45. The number of hydrogen-bond acceptors (Lipinski definition) is 4. The summed E-state index contributed by atoms with van der Waals surface area (Å²) in [5.41, 5.74) is 6.23. The number of pyridine rings is 1. The molecule has 0 spiro atoms. The Bertz CT molecular complexity index is 1950. The van der Waals surface area contributed by atoms with Crippen LogP contribution in [0.2, 0.25) is 0 Å². The fraction of sp³-hybridized carbons (Fsp3) is 0.0645. The zero-order valence-electron chi connectivity index (χ0n) is 20.8. The molecular formula is C31H23IrN6.